The topological polar surface area (TPSA) is 134 Å². The summed E-state index contributed by atoms with van der Waals surface area (Å²) in [7, 11) is 1.48. The Kier molecular flexibility index (Phi) is 7.97. The van der Waals surface area contributed by atoms with Gasteiger partial charge in [-0.3, -0.25) is 24.0 Å². The second-order valence-corrected chi connectivity index (χ2v) is 6.81. The lowest BCUT2D eigenvalue weighted by molar-refractivity contribution is 0.0852. The van der Waals surface area contributed by atoms with E-state index < -0.39 is 17.0 Å². The summed E-state index contributed by atoms with van der Waals surface area (Å²) < 4.78 is 6.06. The Hall–Kier alpha value is -2.66. The zero-order valence-corrected chi connectivity index (χ0v) is 17.3. The molecule has 0 radical (unpaired) electrons. The maximum Gasteiger partial charge on any atom is 0.330 e. The number of ketones is 1. The summed E-state index contributed by atoms with van der Waals surface area (Å²) in [6.45, 7) is 7.53. The van der Waals surface area contributed by atoms with Crippen LogP contribution in [0.3, 0.4) is 0 Å². The number of H-pyrrole nitrogens is 1. The van der Waals surface area contributed by atoms with Gasteiger partial charge in [-0.15, -0.1) is 0 Å². The summed E-state index contributed by atoms with van der Waals surface area (Å²) in [5, 5.41) is 0. The molecule has 1 aliphatic heterocycles. The third kappa shape index (κ3) is 5.24. The molecule has 0 aliphatic carbocycles. The second kappa shape index (κ2) is 10.2. The van der Waals surface area contributed by atoms with Crippen LogP contribution in [0.5, 0.6) is 0 Å². The van der Waals surface area contributed by atoms with Crippen molar-refractivity contribution in [3.63, 3.8) is 0 Å². The van der Waals surface area contributed by atoms with Gasteiger partial charge in [-0.05, 0) is 13.8 Å². The molecule has 11 nitrogen and oxygen atoms in total. The van der Waals surface area contributed by atoms with Crippen LogP contribution in [0.25, 0.3) is 0 Å². The van der Waals surface area contributed by atoms with Crippen molar-refractivity contribution < 1.29 is 14.3 Å². The standard InChI is InChI=1S/C18H30N6O5/c1-4-22(5-2)18(28)23-8-6-21(7-9-23)12-13(25)14-15(19)24(10-11-29-3)17(27)20-16(14)26/h4-12,19H2,1-3H3,(H,20,26,27). The van der Waals surface area contributed by atoms with E-state index in [-0.39, 0.29) is 37.1 Å². The van der Waals surface area contributed by atoms with Gasteiger partial charge >= 0.3 is 11.7 Å². The van der Waals surface area contributed by atoms with Crippen molar-refractivity contribution in [2.75, 3.05) is 65.3 Å². The number of methoxy groups -OCH3 is 1. The lowest BCUT2D eigenvalue weighted by atomic mass is 10.1. The Morgan fingerprint density at radius 2 is 1.76 bits per heavy atom. The van der Waals surface area contributed by atoms with E-state index in [1.54, 1.807) is 9.80 Å². The molecule has 29 heavy (non-hydrogen) atoms. The monoisotopic (exact) mass is 410 g/mol. The van der Waals surface area contributed by atoms with Crippen LogP contribution in [0.4, 0.5) is 10.6 Å². The number of rotatable bonds is 8. The fourth-order valence-corrected chi connectivity index (χ4v) is 3.34. The molecule has 3 N–H and O–H groups in total. The molecule has 0 saturated carbocycles. The second-order valence-electron chi connectivity index (χ2n) is 6.81. The molecule has 162 valence electrons. The van der Waals surface area contributed by atoms with Crippen LogP contribution in [0.1, 0.15) is 24.2 Å². The molecule has 1 aromatic rings. The first-order chi connectivity index (χ1) is 13.8. The molecule has 2 amide bonds. The highest BCUT2D eigenvalue weighted by molar-refractivity contribution is 6.01. The van der Waals surface area contributed by atoms with Gasteiger partial charge in [-0.2, -0.15) is 0 Å². The molecular weight excluding hydrogens is 380 g/mol. The zero-order chi connectivity index (χ0) is 21.6. The van der Waals surface area contributed by atoms with Gasteiger partial charge in [0.1, 0.15) is 11.4 Å². The first-order valence-corrected chi connectivity index (χ1v) is 9.74. The molecule has 2 heterocycles. The smallest absolute Gasteiger partial charge is 0.330 e. The largest absolute Gasteiger partial charge is 0.384 e. The van der Waals surface area contributed by atoms with Crippen molar-refractivity contribution in [2.24, 2.45) is 0 Å². The minimum absolute atomic E-state index is 0.00751. The Morgan fingerprint density at radius 1 is 1.14 bits per heavy atom. The number of aromatic amines is 1. The molecule has 1 fully saturated rings. The van der Waals surface area contributed by atoms with Gasteiger partial charge in [0, 0.05) is 46.4 Å². The average Bonchev–Trinajstić information content (AvgIpc) is 2.69. The Labute approximate surface area is 169 Å². The van der Waals surface area contributed by atoms with Crippen LogP contribution in [-0.2, 0) is 11.3 Å². The molecule has 0 spiro atoms. The lowest BCUT2D eigenvalue weighted by Crippen LogP contribution is -2.53. The first kappa shape index (κ1) is 22.6. The number of anilines is 1. The third-order valence-corrected chi connectivity index (χ3v) is 5.08. The quantitative estimate of drug-likeness (QED) is 0.527. The fraction of sp³-hybridized carbons (Fsp3) is 0.667. The van der Waals surface area contributed by atoms with Crippen molar-refractivity contribution in [1.29, 1.82) is 0 Å². The third-order valence-electron chi connectivity index (χ3n) is 5.08. The number of nitrogens with zero attached hydrogens (tertiary/aromatic N) is 4. The summed E-state index contributed by atoms with van der Waals surface area (Å²) in [4.78, 5) is 56.8. The Bertz CT molecular complexity index is 836. The normalized spacial score (nSPS) is 14.8. The van der Waals surface area contributed by atoms with Crippen LogP contribution < -0.4 is 17.0 Å². The molecule has 1 aliphatic rings. The predicted molar refractivity (Wildman–Crippen MR) is 108 cm³/mol. The highest BCUT2D eigenvalue weighted by atomic mass is 16.5. The molecule has 1 aromatic heterocycles. The highest BCUT2D eigenvalue weighted by Crippen LogP contribution is 2.10. The number of hydrogen-bond acceptors (Lipinski definition) is 7. The number of hydrogen-bond donors (Lipinski definition) is 2. The minimum atomic E-state index is -0.790. The van der Waals surface area contributed by atoms with Crippen molar-refractivity contribution in [3.05, 3.63) is 26.4 Å². The zero-order valence-electron chi connectivity index (χ0n) is 17.3. The summed E-state index contributed by atoms with van der Waals surface area (Å²) >= 11 is 0. The first-order valence-electron chi connectivity index (χ1n) is 9.74. The molecular formula is C18H30N6O5. The Morgan fingerprint density at radius 3 is 2.31 bits per heavy atom. The van der Waals surface area contributed by atoms with E-state index in [9.17, 15) is 19.2 Å². The molecule has 11 heteroatoms. The van der Waals surface area contributed by atoms with Crippen LogP contribution in [0.2, 0.25) is 0 Å². The number of amides is 2. The van der Waals surface area contributed by atoms with Crippen molar-refractivity contribution in [3.8, 4) is 0 Å². The van der Waals surface area contributed by atoms with E-state index in [0.717, 1.165) is 4.57 Å². The van der Waals surface area contributed by atoms with E-state index in [1.165, 1.54) is 7.11 Å². The van der Waals surface area contributed by atoms with Gasteiger partial charge in [0.25, 0.3) is 5.56 Å². The van der Waals surface area contributed by atoms with Gasteiger partial charge in [0.2, 0.25) is 0 Å². The molecule has 0 unspecified atom stereocenters. The summed E-state index contributed by atoms with van der Waals surface area (Å²) in [6, 6.07) is -0.00751. The summed E-state index contributed by atoms with van der Waals surface area (Å²) in [5.41, 5.74) is 4.26. The molecule has 0 atom stereocenters. The number of nitrogen functional groups attached to an aromatic ring is 1. The van der Waals surface area contributed by atoms with E-state index in [0.29, 0.717) is 39.3 Å². The van der Waals surface area contributed by atoms with Crippen LogP contribution in [0, 0.1) is 0 Å². The number of carbonyl (C=O) groups excluding carboxylic acids is 2. The van der Waals surface area contributed by atoms with Gasteiger partial charge in [0.05, 0.1) is 19.7 Å². The number of carbonyl (C=O) groups is 2. The average molecular weight is 410 g/mol. The van der Waals surface area contributed by atoms with E-state index in [2.05, 4.69) is 4.98 Å². The lowest BCUT2D eigenvalue weighted by Gasteiger charge is -2.36. The van der Waals surface area contributed by atoms with E-state index in [4.69, 9.17) is 10.5 Å². The van der Waals surface area contributed by atoms with Gasteiger partial charge in [-0.1, -0.05) is 0 Å². The van der Waals surface area contributed by atoms with E-state index >= 15 is 0 Å². The highest BCUT2D eigenvalue weighted by Gasteiger charge is 2.27. The molecule has 1 saturated heterocycles. The van der Waals surface area contributed by atoms with Gasteiger partial charge in [-0.25, -0.2) is 9.59 Å². The number of Topliss-reactive ketones (excluding diaryl/α,β-unsaturated/α-hetero) is 1. The summed E-state index contributed by atoms with van der Waals surface area (Å²) in [5.74, 6) is -0.616. The maximum atomic E-state index is 12.7. The molecule has 0 aromatic carbocycles. The molecule has 2 rings (SSSR count). The molecule has 0 bridgehead atoms. The van der Waals surface area contributed by atoms with Crippen molar-refractivity contribution in [1.82, 2.24) is 24.3 Å². The van der Waals surface area contributed by atoms with E-state index in [1.807, 2.05) is 18.7 Å². The number of ether oxygens (including phenoxy) is 1. The predicted octanol–water partition coefficient (Wildman–Crippen LogP) is -0.973. The van der Waals surface area contributed by atoms with Gasteiger partial charge < -0.3 is 20.3 Å². The fourth-order valence-electron chi connectivity index (χ4n) is 3.34. The number of urea groups is 1. The van der Waals surface area contributed by atoms with Gasteiger partial charge in [0.15, 0.2) is 5.78 Å². The van der Waals surface area contributed by atoms with Crippen molar-refractivity contribution in [2.45, 2.75) is 20.4 Å². The number of nitrogens with two attached hydrogens (primary N) is 1. The number of aromatic nitrogens is 2. The summed E-state index contributed by atoms with van der Waals surface area (Å²) in [6.07, 6.45) is 0. The SMILES string of the molecule is CCN(CC)C(=O)N1CCN(CC(=O)c2c(N)n(CCOC)c(=O)[nH]c2=O)CC1. The maximum absolute atomic E-state index is 12.7. The Balaban J connectivity index is 2.06. The number of piperazine rings is 1. The number of nitrogens with one attached hydrogen (secondary N) is 1. The van der Waals surface area contributed by atoms with Crippen molar-refractivity contribution >= 4 is 17.6 Å². The minimum Gasteiger partial charge on any atom is -0.384 e. The van der Waals surface area contributed by atoms with Crippen LogP contribution >= 0.6 is 0 Å². The van der Waals surface area contributed by atoms with Crippen LogP contribution in [0.15, 0.2) is 9.59 Å². The van der Waals surface area contributed by atoms with Crippen LogP contribution in [-0.4, -0.2) is 95.6 Å².